The van der Waals surface area contributed by atoms with E-state index in [1.54, 1.807) is 7.11 Å². The van der Waals surface area contributed by atoms with E-state index in [2.05, 4.69) is 34.5 Å². The van der Waals surface area contributed by atoms with Crippen LogP contribution < -0.4 is 10.6 Å². The van der Waals surface area contributed by atoms with Crippen LogP contribution in [-0.2, 0) is 4.74 Å². The second-order valence-electron chi connectivity index (χ2n) is 6.50. The van der Waals surface area contributed by atoms with Gasteiger partial charge in [0.1, 0.15) is 0 Å². The number of guanidine groups is 1. The van der Waals surface area contributed by atoms with Crippen molar-refractivity contribution in [1.82, 2.24) is 15.5 Å². The van der Waals surface area contributed by atoms with Crippen LogP contribution in [0.5, 0.6) is 0 Å². The topological polar surface area (TPSA) is 48.9 Å². The molecule has 0 amide bonds. The summed E-state index contributed by atoms with van der Waals surface area (Å²) in [7, 11) is 3.96. The van der Waals surface area contributed by atoms with Crippen LogP contribution in [0, 0.1) is 0 Å². The van der Waals surface area contributed by atoms with E-state index in [4.69, 9.17) is 4.74 Å². The Morgan fingerprint density at radius 1 is 1.29 bits per heavy atom. The smallest absolute Gasteiger partial charge is 0.191 e. The minimum Gasteiger partial charge on any atom is -0.377 e. The number of hydrogen-bond acceptors (Lipinski definition) is 3. The van der Waals surface area contributed by atoms with Gasteiger partial charge in [-0.05, 0) is 40.7 Å². The Morgan fingerprint density at radius 2 is 1.95 bits per heavy atom. The molecule has 0 radical (unpaired) electrons. The highest BCUT2D eigenvalue weighted by Crippen LogP contribution is 2.21. The zero-order valence-corrected chi connectivity index (χ0v) is 14.5. The van der Waals surface area contributed by atoms with Crippen molar-refractivity contribution in [2.75, 3.05) is 40.3 Å². The fraction of sp³-hybridized carbons (Fsp3) is 0.938. The highest BCUT2D eigenvalue weighted by molar-refractivity contribution is 5.79. The van der Waals surface area contributed by atoms with Gasteiger partial charge < -0.3 is 20.3 Å². The summed E-state index contributed by atoms with van der Waals surface area (Å²) in [6, 6.07) is 0.777. The Hall–Kier alpha value is -0.810. The van der Waals surface area contributed by atoms with E-state index >= 15 is 0 Å². The predicted octanol–water partition coefficient (Wildman–Crippen LogP) is 1.84. The van der Waals surface area contributed by atoms with Crippen molar-refractivity contribution in [3.63, 3.8) is 0 Å². The Kier molecular flexibility index (Phi) is 8.04. The summed E-state index contributed by atoms with van der Waals surface area (Å²) in [4.78, 5) is 7.08. The first kappa shape index (κ1) is 18.2. The lowest BCUT2D eigenvalue weighted by molar-refractivity contribution is 0.0310. The monoisotopic (exact) mass is 298 g/mol. The number of nitrogens with zero attached hydrogens (tertiary/aromatic N) is 2. The second-order valence-corrected chi connectivity index (χ2v) is 6.50. The van der Waals surface area contributed by atoms with Gasteiger partial charge in [0.05, 0.1) is 12.1 Å². The van der Waals surface area contributed by atoms with Crippen LogP contribution >= 0.6 is 0 Å². The molecule has 5 heteroatoms. The molecule has 21 heavy (non-hydrogen) atoms. The number of nitrogens with one attached hydrogen (secondary N) is 2. The molecule has 1 aliphatic carbocycles. The maximum atomic E-state index is 5.41. The van der Waals surface area contributed by atoms with Gasteiger partial charge in [0.25, 0.3) is 0 Å². The first-order valence-electron chi connectivity index (χ1n) is 8.26. The zero-order chi connectivity index (χ0) is 15.7. The lowest BCUT2D eigenvalue weighted by atomic mass is 10.1. The van der Waals surface area contributed by atoms with Gasteiger partial charge in [-0.15, -0.1) is 0 Å². The first-order chi connectivity index (χ1) is 9.98. The van der Waals surface area contributed by atoms with Crippen molar-refractivity contribution in [1.29, 1.82) is 0 Å². The molecule has 0 unspecified atom stereocenters. The number of methoxy groups -OCH3 is 1. The lowest BCUT2D eigenvalue weighted by Crippen LogP contribution is -2.43. The molecule has 0 spiro atoms. The molecule has 5 nitrogen and oxygen atoms in total. The maximum absolute atomic E-state index is 5.41. The Balaban J connectivity index is 2.34. The SMILES string of the molecule is CCNC(=NCC(C)(C)OC)NCCN(C)C1CCCC1. The third-order valence-corrected chi connectivity index (χ3v) is 4.22. The molecular weight excluding hydrogens is 264 g/mol. The van der Waals surface area contributed by atoms with Crippen molar-refractivity contribution in [3.8, 4) is 0 Å². The number of hydrogen-bond donors (Lipinski definition) is 2. The standard InChI is InChI=1S/C16H34N4O/c1-6-17-15(19-13-16(2,3)21-5)18-11-12-20(4)14-9-7-8-10-14/h14H,6-13H2,1-5H3,(H2,17,18,19). The van der Waals surface area contributed by atoms with E-state index in [-0.39, 0.29) is 5.60 Å². The molecule has 0 atom stereocenters. The largest absolute Gasteiger partial charge is 0.377 e. The number of ether oxygens (including phenoxy) is 1. The highest BCUT2D eigenvalue weighted by Gasteiger charge is 2.19. The first-order valence-corrected chi connectivity index (χ1v) is 8.26. The predicted molar refractivity (Wildman–Crippen MR) is 90.0 cm³/mol. The van der Waals surface area contributed by atoms with Gasteiger partial charge in [0.15, 0.2) is 5.96 Å². The fourth-order valence-electron chi connectivity index (χ4n) is 2.55. The van der Waals surface area contributed by atoms with Gasteiger partial charge in [-0.2, -0.15) is 0 Å². The van der Waals surface area contributed by atoms with Gasteiger partial charge in [-0.3, -0.25) is 4.99 Å². The van der Waals surface area contributed by atoms with E-state index in [1.807, 2.05) is 13.8 Å². The Labute approximate surface area is 130 Å². The third-order valence-electron chi connectivity index (χ3n) is 4.22. The molecule has 0 aromatic carbocycles. The molecule has 124 valence electrons. The van der Waals surface area contributed by atoms with Gasteiger partial charge in [0.2, 0.25) is 0 Å². The quantitative estimate of drug-likeness (QED) is 0.530. The van der Waals surface area contributed by atoms with E-state index in [0.29, 0.717) is 6.54 Å². The van der Waals surface area contributed by atoms with E-state index in [0.717, 1.165) is 31.6 Å². The molecule has 2 N–H and O–H groups in total. The minimum atomic E-state index is -0.219. The average Bonchev–Trinajstić information content (AvgIpc) is 2.99. The summed E-state index contributed by atoms with van der Waals surface area (Å²) in [6.45, 7) is 9.69. The Bertz CT molecular complexity index is 311. The normalized spacial score (nSPS) is 17.5. The van der Waals surface area contributed by atoms with Crippen LogP contribution in [0.15, 0.2) is 4.99 Å². The molecule has 1 aliphatic rings. The van der Waals surface area contributed by atoms with Gasteiger partial charge >= 0.3 is 0 Å². The summed E-state index contributed by atoms with van der Waals surface area (Å²) < 4.78 is 5.41. The molecular formula is C16H34N4O. The molecule has 0 aliphatic heterocycles. The van der Waals surface area contributed by atoms with Crippen molar-refractivity contribution in [3.05, 3.63) is 0 Å². The average molecular weight is 298 g/mol. The van der Waals surface area contributed by atoms with Crippen LogP contribution in [0.25, 0.3) is 0 Å². The Morgan fingerprint density at radius 3 is 2.52 bits per heavy atom. The molecule has 0 bridgehead atoms. The molecule has 1 saturated carbocycles. The van der Waals surface area contributed by atoms with Crippen molar-refractivity contribution < 1.29 is 4.74 Å². The summed E-state index contributed by atoms with van der Waals surface area (Å²) in [5.41, 5.74) is -0.219. The third kappa shape index (κ3) is 7.14. The van der Waals surface area contributed by atoms with Gasteiger partial charge in [-0.1, -0.05) is 12.8 Å². The fourth-order valence-corrected chi connectivity index (χ4v) is 2.55. The second kappa shape index (κ2) is 9.26. The summed E-state index contributed by atoms with van der Waals surface area (Å²) in [5.74, 6) is 0.877. The lowest BCUT2D eigenvalue weighted by Gasteiger charge is -2.25. The van der Waals surface area contributed by atoms with Crippen LogP contribution in [0.3, 0.4) is 0 Å². The van der Waals surface area contributed by atoms with Gasteiger partial charge in [0, 0.05) is 32.8 Å². The highest BCUT2D eigenvalue weighted by atomic mass is 16.5. The maximum Gasteiger partial charge on any atom is 0.191 e. The molecule has 1 fully saturated rings. The molecule has 0 aromatic rings. The van der Waals surface area contributed by atoms with Crippen molar-refractivity contribution in [2.45, 2.75) is 58.1 Å². The zero-order valence-electron chi connectivity index (χ0n) is 14.5. The number of rotatable bonds is 8. The molecule has 0 heterocycles. The van der Waals surface area contributed by atoms with Crippen molar-refractivity contribution >= 4 is 5.96 Å². The van der Waals surface area contributed by atoms with Crippen LogP contribution in [-0.4, -0.2) is 62.8 Å². The van der Waals surface area contributed by atoms with Crippen LogP contribution in [0.2, 0.25) is 0 Å². The van der Waals surface area contributed by atoms with E-state index < -0.39 is 0 Å². The van der Waals surface area contributed by atoms with Crippen molar-refractivity contribution in [2.24, 2.45) is 4.99 Å². The molecule has 0 saturated heterocycles. The molecule has 1 rings (SSSR count). The summed E-state index contributed by atoms with van der Waals surface area (Å²) >= 11 is 0. The van der Waals surface area contributed by atoms with Crippen LogP contribution in [0.4, 0.5) is 0 Å². The van der Waals surface area contributed by atoms with E-state index in [1.165, 1.54) is 25.7 Å². The van der Waals surface area contributed by atoms with E-state index in [9.17, 15) is 0 Å². The minimum absolute atomic E-state index is 0.219. The molecule has 0 aromatic heterocycles. The van der Waals surface area contributed by atoms with Crippen LogP contribution in [0.1, 0.15) is 46.5 Å². The number of aliphatic imine (C=N–C) groups is 1. The summed E-state index contributed by atoms with van der Waals surface area (Å²) in [6.07, 6.45) is 5.48. The number of likely N-dealkylation sites (N-methyl/N-ethyl adjacent to an activating group) is 1. The van der Waals surface area contributed by atoms with Gasteiger partial charge in [-0.25, -0.2) is 0 Å². The summed E-state index contributed by atoms with van der Waals surface area (Å²) in [5, 5.41) is 6.70.